The number of aromatic nitrogens is 3. The van der Waals surface area contributed by atoms with Crippen LogP contribution in [0, 0.1) is 10.1 Å². The number of anilines is 1. The van der Waals surface area contributed by atoms with Crippen molar-refractivity contribution < 1.29 is 14.5 Å². The number of carbonyl (C=O) groups excluding carboxylic acids is 2. The van der Waals surface area contributed by atoms with Crippen molar-refractivity contribution in [2.75, 3.05) is 11.1 Å². The van der Waals surface area contributed by atoms with Gasteiger partial charge < -0.3 is 15.6 Å². The summed E-state index contributed by atoms with van der Waals surface area (Å²) in [6, 6.07) is 7.76. The summed E-state index contributed by atoms with van der Waals surface area (Å²) >= 11 is 8.38. The molecule has 0 aliphatic rings. The van der Waals surface area contributed by atoms with Gasteiger partial charge >= 0.3 is 0 Å². The minimum absolute atomic E-state index is 0.0176. The predicted molar refractivity (Wildman–Crippen MR) is 115 cm³/mol. The molecular formula is C17H15ClN6O4S2. The fourth-order valence-corrected chi connectivity index (χ4v) is 4.13. The first kappa shape index (κ1) is 21.7. The molecule has 3 rings (SSSR count). The van der Waals surface area contributed by atoms with E-state index in [0.717, 1.165) is 16.6 Å². The summed E-state index contributed by atoms with van der Waals surface area (Å²) in [6.45, 7) is 0.281. The van der Waals surface area contributed by atoms with E-state index in [4.69, 9.17) is 17.3 Å². The molecule has 10 nitrogen and oxygen atoms in total. The summed E-state index contributed by atoms with van der Waals surface area (Å²) in [7, 11) is 0. The molecule has 156 valence electrons. The Bertz CT molecular complexity index is 1090. The van der Waals surface area contributed by atoms with Gasteiger partial charge in [0.2, 0.25) is 11.8 Å². The third kappa shape index (κ3) is 5.34. The minimum atomic E-state index is -0.625. The Labute approximate surface area is 183 Å². The summed E-state index contributed by atoms with van der Waals surface area (Å²) < 4.78 is 1.74. The Hall–Kier alpha value is -2.96. The van der Waals surface area contributed by atoms with Crippen LogP contribution in [0.15, 0.2) is 40.9 Å². The van der Waals surface area contributed by atoms with E-state index < -0.39 is 16.7 Å². The van der Waals surface area contributed by atoms with Gasteiger partial charge in [0.05, 0.1) is 15.6 Å². The van der Waals surface area contributed by atoms with E-state index in [1.807, 2.05) is 17.5 Å². The molecule has 30 heavy (non-hydrogen) atoms. The lowest BCUT2D eigenvalue weighted by atomic mass is 10.3. The van der Waals surface area contributed by atoms with E-state index in [9.17, 15) is 19.7 Å². The van der Waals surface area contributed by atoms with Crippen molar-refractivity contribution >= 4 is 57.9 Å². The van der Waals surface area contributed by atoms with Crippen LogP contribution in [0.4, 0.5) is 11.4 Å². The summed E-state index contributed by atoms with van der Waals surface area (Å²) in [5.41, 5.74) is 5.22. The van der Waals surface area contributed by atoms with Crippen LogP contribution < -0.4 is 11.1 Å². The van der Waals surface area contributed by atoms with Gasteiger partial charge in [0.1, 0.15) is 5.02 Å². The monoisotopic (exact) mass is 466 g/mol. The van der Waals surface area contributed by atoms with E-state index >= 15 is 0 Å². The van der Waals surface area contributed by atoms with Crippen LogP contribution in [0.5, 0.6) is 0 Å². The third-order valence-electron chi connectivity index (χ3n) is 3.80. The normalized spacial score (nSPS) is 10.7. The number of carbonyl (C=O) groups is 2. The van der Waals surface area contributed by atoms with Crippen molar-refractivity contribution in [3.63, 3.8) is 0 Å². The highest BCUT2D eigenvalue weighted by molar-refractivity contribution is 7.99. The molecule has 0 atom stereocenters. The van der Waals surface area contributed by atoms with Gasteiger partial charge in [-0.2, -0.15) is 0 Å². The average Bonchev–Trinajstić information content (AvgIpc) is 3.35. The zero-order valence-corrected chi connectivity index (χ0v) is 17.7. The molecule has 2 heterocycles. The lowest BCUT2D eigenvalue weighted by molar-refractivity contribution is -0.384. The molecule has 0 radical (unpaired) electrons. The Kier molecular flexibility index (Phi) is 7.03. The molecule has 0 spiro atoms. The molecular weight excluding hydrogens is 452 g/mol. The Morgan fingerprint density at radius 1 is 1.33 bits per heavy atom. The van der Waals surface area contributed by atoms with Crippen molar-refractivity contribution in [2.24, 2.45) is 5.73 Å². The van der Waals surface area contributed by atoms with Gasteiger partial charge in [0, 0.05) is 24.7 Å². The van der Waals surface area contributed by atoms with Gasteiger partial charge in [-0.3, -0.25) is 19.7 Å². The zero-order chi connectivity index (χ0) is 21.7. The molecule has 0 aliphatic heterocycles. The number of rotatable bonds is 9. The van der Waals surface area contributed by atoms with Crippen molar-refractivity contribution in [3.8, 4) is 10.7 Å². The Morgan fingerprint density at radius 3 is 2.80 bits per heavy atom. The van der Waals surface area contributed by atoms with Crippen LogP contribution in [0.3, 0.4) is 0 Å². The molecule has 1 aromatic carbocycles. The lowest BCUT2D eigenvalue weighted by Gasteiger charge is -2.09. The SMILES string of the molecule is NC(=O)CCn1c(SCC(=O)Nc2ccc(Cl)c([N+](=O)[O-])c2)nnc1-c1cccs1. The molecule has 2 amide bonds. The maximum Gasteiger partial charge on any atom is 0.289 e. The highest BCUT2D eigenvalue weighted by atomic mass is 35.5. The quantitative estimate of drug-likeness (QED) is 0.279. The fourth-order valence-electron chi connectivity index (χ4n) is 2.46. The maximum atomic E-state index is 12.3. The van der Waals surface area contributed by atoms with E-state index in [-0.39, 0.29) is 35.1 Å². The number of nitrogens with two attached hydrogens (primary N) is 1. The third-order valence-corrected chi connectivity index (χ3v) is 5.95. The number of benzene rings is 1. The number of amides is 2. The number of halogens is 1. The summed E-state index contributed by atoms with van der Waals surface area (Å²) in [4.78, 5) is 34.7. The first-order valence-corrected chi connectivity index (χ1v) is 10.7. The number of nitrogens with one attached hydrogen (secondary N) is 1. The van der Waals surface area contributed by atoms with E-state index in [0.29, 0.717) is 11.0 Å². The number of primary amides is 1. The van der Waals surface area contributed by atoms with Crippen LogP contribution in [-0.4, -0.2) is 37.3 Å². The standard InChI is InChI=1S/C17H15ClN6O4S2/c18-11-4-3-10(8-12(11)24(27)28)20-15(26)9-30-17-22-21-16(13-2-1-7-29-13)23(17)6-5-14(19)25/h1-4,7-8H,5-6,9H2,(H2,19,25)(H,20,26). The average molecular weight is 467 g/mol. The summed E-state index contributed by atoms with van der Waals surface area (Å²) in [6.07, 6.45) is 0.102. The van der Waals surface area contributed by atoms with Crippen LogP contribution in [0.25, 0.3) is 10.7 Å². The number of nitrogens with zero attached hydrogens (tertiary/aromatic N) is 4. The van der Waals surface area contributed by atoms with Gasteiger partial charge in [-0.05, 0) is 23.6 Å². The molecule has 3 N–H and O–H groups in total. The Morgan fingerprint density at radius 2 is 2.13 bits per heavy atom. The predicted octanol–water partition coefficient (Wildman–Crippen LogP) is 3.17. The van der Waals surface area contributed by atoms with Crippen molar-refractivity contribution in [2.45, 2.75) is 18.1 Å². The molecule has 0 unspecified atom stereocenters. The number of thiophene rings is 1. The number of hydrogen-bond donors (Lipinski definition) is 2. The highest BCUT2D eigenvalue weighted by Gasteiger charge is 2.18. The van der Waals surface area contributed by atoms with E-state index in [1.165, 1.54) is 29.5 Å². The number of nitro benzene ring substituents is 1. The lowest BCUT2D eigenvalue weighted by Crippen LogP contribution is -2.16. The maximum absolute atomic E-state index is 12.3. The van der Waals surface area contributed by atoms with Crippen LogP contribution in [-0.2, 0) is 16.1 Å². The molecule has 0 saturated heterocycles. The van der Waals surface area contributed by atoms with Crippen molar-refractivity contribution in [1.29, 1.82) is 0 Å². The second-order valence-electron chi connectivity index (χ2n) is 5.91. The molecule has 0 saturated carbocycles. The van der Waals surface area contributed by atoms with Crippen LogP contribution in [0.1, 0.15) is 6.42 Å². The molecule has 0 fully saturated rings. The molecule has 0 aliphatic carbocycles. The second kappa shape index (κ2) is 9.69. The van der Waals surface area contributed by atoms with E-state index in [2.05, 4.69) is 15.5 Å². The minimum Gasteiger partial charge on any atom is -0.370 e. The van der Waals surface area contributed by atoms with Crippen molar-refractivity contribution in [1.82, 2.24) is 14.8 Å². The highest BCUT2D eigenvalue weighted by Crippen LogP contribution is 2.29. The number of thioether (sulfide) groups is 1. The first-order valence-electron chi connectivity index (χ1n) is 8.47. The molecule has 13 heteroatoms. The van der Waals surface area contributed by atoms with Gasteiger partial charge in [-0.25, -0.2) is 0 Å². The number of hydrogen-bond acceptors (Lipinski definition) is 8. The van der Waals surface area contributed by atoms with E-state index in [1.54, 1.807) is 4.57 Å². The fraction of sp³-hybridized carbons (Fsp3) is 0.176. The largest absolute Gasteiger partial charge is 0.370 e. The first-order chi connectivity index (χ1) is 14.3. The smallest absolute Gasteiger partial charge is 0.289 e. The van der Waals surface area contributed by atoms with Crippen LogP contribution >= 0.6 is 34.7 Å². The van der Waals surface area contributed by atoms with Gasteiger partial charge in [-0.15, -0.1) is 21.5 Å². The molecule has 2 aromatic heterocycles. The van der Waals surface area contributed by atoms with Crippen LogP contribution in [0.2, 0.25) is 5.02 Å². The van der Waals surface area contributed by atoms with Gasteiger partial charge in [0.25, 0.3) is 5.69 Å². The molecule has 0 bridgehead atoms. The topological polar surface area (TPSA) is 146 Å². The zero-order valence-electron chi connectivity index (χ0n) is 15.3. The molecule has 3 aromatic rings. The number of nitro groups is 1. The second-order valence-corrected chi connectivity index (χ2v) is 8.21. The van der Waals surface area contributed by atoms with Gasteiger partial charge in [0.15, 0.2) is 11.0 Å². The van der Waals surface area contributed by atoms with Crippen molar-refractivity contribution in [3.05, 3.63) is 50.8 Å². The Balaban J connectivity index is 1.70. The van der Waals surface area contributed by atoms with Gasteiger partial charge in [-0.1, -0.05) is 29.4 Å². The summed E-state index contributed by atoms with van der Waals surface area (Å²) in [5.74, 6) is -0.282. The summed E-state index contributed by atoms with van der Waals surface area (Å²) in [5, 5.41) is 24.2.